The number of allylic oxidation sites excluding steroid dienone is 2. The normalized spacial score (nSPS) is 11.4. The van der Waals surface area contributed by atoms with Crippen LogP contribution in [0.2, 0.25) is 10.0 Å². The van der Waals surface area contributed by atoms with Crippen LogP contribution in [-0.2, 0) is 6.42 Å². The minimum atomic E-state index is -0.113. The Morgan fingerprint density at radius 2 is 1.61 bits per heavy atom. The van der Waals surface area contributed by atoms with Crippen molar-refractivity contribution in [2.24, 2.45) is 0 Å². The van der Waals surface area contributed by atoms with Gasteiger partial charge >= 0.3 is 0 Å². The van der Waals surface area contributed by atoms with Crippen molar-refractivity contribution in [1.29, 1.82) is 0 Å². The highest BCUT2D eigenvalue weighted by atomic mass is 35.5. The molecule has 0 saturated heterocycles. The fourth-order valence-corrected chi connectivity index (χ4v) is 3.17. The summed E-state index contributed by atoms with van der Waals surface area (Å²) in [6.07, 6.45) is 2.90. The number of anilines is 1. The van der Waals surface area contributed by atoms with E-state index in [1.807, 2.05) is 73.7 Å². The highest BCUT2D eigenvalue weighted by Gasteiger charge is 2.08. The van der Waals surface area contributed by atoms with E-state index in [0.29, 0.717) is 15.6 Å². The molecule has 0 heterocycles. The van der Waals surface area contributed by atoms with E-state index in [1.165, 1.54) is 0 Å². The molecule has 1 amide bonds. The van der Waals surface area contributed by atoms with Gasteiger partial charge in [-0.1, -0.05) is 65.7 Å². The highest BCUT2D eigenvalue weighted by Crippen LogP contribution is 2.24. The average molecular weight is 410 g/mol. The number of carbonyl (C=O) groups is 1. The van der Waals surface area contributed by atoms with Crippen LogP contribution in [0.3, 0.4) is 0 Å². The number of rotatable bonds is 5. The van der Waals surface area contributed by atoms with E-state index in [1.54, 1.807) is 0 Å². The van der Waals surface area contributed by atoms with Gasteiger partial charge in [-0.15, -0.1) is 0 Å². The summed E-state index contributed by atoms with van der Waals surface area (Å²) in [5.74, 6) is -0.113. The lowest BCUT2D eigenvalue weighted by atomic mass is 10.0. The summed E-state index contributed by atoms with van der Waals surface area (Å²) >= 11 is 12.0. The number of halogens is 2. The second-order valence-electron chi connectivity index (χ2n) is 6.69. The van der Waals surface area contributed by atoms with Crippen molar-refractivity contribution in [3.63, 3.8) is 0 Å². The van der Waals surface area contributed by atoms with Gasteiger partial charge in [0.2, 0.25) is 0 Å². The van der Waals surface area contributed by atoms with Crippen LogP contribution < -0.4 is 5.32 Å². The van der Waals surface area contributed by atoms with Gasteiger partial charge in [0, 0.05) is 11.3 Å². The van der Waals surface area contributed by atoms with Crippen LogP contribution in [0.1, 0.15) is 34.0 Å². The summed E-state index contributed by atoms with van der Waals surface area (Å²) in [6, 6.07) is 21.0. The number of benzene rings is 3. The second-order valence-corrected chi connectivity index (χ2v) is 7.50. The first-order valence-electron chi connectivity index (χ1n) is 9.02. The molecular formula is C24H21Cl2NO. The third kappa shape index (κ3) is 5.03. The SMILES string of the molecule is C/C(=C\Cc1ccc(Cl)c(Cl)c1)c1ccc(C(=O)Nc2ccccc2C)cc1. The monoisotopic (exact) mass is 409 g/mol. The Morgan fingerprint density at radius 1 is 0.929 bits per heavy atom. The van der Waals surface area contributed by atoms with E-state index in [0.717, 1.165) is 34.4 Å². The predicted molar refractivity (Wildman–Crippen MR) is 119 cm³/mol. The molecular weight excluding hydrogens is 389 g/mol. The van der Waals surface area contributed by atoms with Crippen molar-refractivity contribution < 1.29 is 4.79 Å². The third-order valence-electron chi connectivity index (χ3n) is 4.62. The smallest absolute Gasteiger partial charge is 0.255 e. The summed E-state index contributed by atoms with van der Waals surface area (Å²) in [6.45, 7) is 4.03. The standard InChI is InChI=1S/C24H21Cl2NO/c1-16(7-8-18-9-14-21(25)22(26)15-18)19-10-12-20(13-11-19)24(28)27-23-6-4-3-5-17(23)2/h3-7,9-15H,8H2,1-2H3,(H,27,28)/b16-7+. The number of hydrogen-bond acceptors (Lipinski definition) is 1. The van der Waals surface area contributed by atoms with Gasteiger partial charge in [0.1, 0.15) is 0 Å². The largest absolute Gasteiger partial charge is 0.322 e. The maximum atomic E-state index is 12.5. The number of amides is 1. The molecule has 1 N–H and O–H groups in total. The van der Waals surface area contributed by atoms with Gasteiger partial charge in [-0.25, -0.2) is 0 Å². The number of aryl methyl sites for hydroxylation is 1. The van der Waals surface area contributed by atoms with Crippen molar-refractivity contribution in [3.8, 4) is 0 Å². The molecule has 2 nitrogen and oxygen atoms in total. The van der Waals surface area contributed by atoms with Crippen LogP contribution in [-0.4, -0.2) is 5.91 Å². The van der Waals surface area contributed by atoms with Gasteiger partial charge in [0.25, 0.3) is 5.91 Å². The summed E-state index contributed by atoms with van der Waals surface area (Å²) in [5.41, 5.74) is 5.81. The summed E-state index contributed by atoms with van der Waals surface area (Å²) in [5, 5.41) is 4.08. The van der Waals surface area contributed by atoms with E-state index < -0.39 is 0 Å². The average Bonchev–Trinajstić information content (AvgIpc) is 2.70. The van der Waals surface area contributed by atoms with Crippen molar-refractivity contribution in [2.75, 3.05) is 5.32 Å². The summed E-state index contributed by atoms with van der Waals surface area (Å²) in [7, 11) is 0. The summed E-state index contributed by atoms with van der Waals surface area (Å²) in [4.78, 5) is 12.5. The fraction of sp³-hybridized carbons (Fsp3) is 0.125. The Morgan fingerprint density at radius 3 is 2.29 bits per heavy atom. The molecule has 3 aromatic carbocycles. The molecule has 4 heteroatoms. The lowest BCUT2D eigenvalue weighted by Gasteiger charge is -2.09. The van der Waals surface area contributed by atoms with Crippen molar-refractivity contribution in [3.05, 3.63) is 105 Å². The Kier molecular flexibility index (Phi) is 6.56. The maximum Gasteiger partial charge on any atom is 0.255 e. The van der Waals surface area contributed by atoms with E-state index >= 15 is 0 Å². The van der Waals surface area contributed by atoms with Crippen LogP contribution in [0.5, 0.6) is 0 Å². The van der Waals surface area contributed by atoms with Crippen molar-refractivity contribution >= 4 is 40.4 Å². The first-order valence-corrected chi connectivity index (χ1v) is 9.78. The van der Waals surface area contributed by atoms with E-state index in [9.17, 15) is 4.79 Å². The molecule has 142 valence electrons. The van der Waals surface area contributed by atoms with E-state index in [-0.39, 0.29) is 5.91 Å². The van der Waals surface area contributed by atoms with Crippen LogP contribution in [0, 0.1) is 6.92 Å². The zero-order chi connectivity index (χ0) is 20.1. The molecule has 0 atom stereocenters. The fourth-order valence-electron chi connectivity index (χ4n) is 2.85. The predicted octanol–water partition coefficient (Wildman–Crippen LogP) is 7.20. The Balaban J connectivity index is 1.68. The van der Waals surface area contributed by atoms with Gasteiger partial charge in [0.05, 0.1) is 10.0 Å². The van der Waals surface area contributed by atoms with Gasteiger partial charge in [-0.2, -0.15) is 0 Å². The molecule has 0 aromatic heterocycles. The van der Waals surface area contributed by atoms with E-state index in [4.69, 9.17) is 23.2 Å². The maximum absolute atomic E-state index is 12.5. The molecule has 0 bridgehead atoms. The quantitative estimate of drug-likeness (QED) is 0.473. The van der Waals surface area contributed by atoms with Crippen LogP contribution in [0.25, 0.3) is 5.57 Å². The molecule has 0 fully saturated rings. The number of hydrogen-bond donors (Lipinski definition) is 1. The minimum absolute atomic E-state index is 0.113. The van der Waals surface area contributed by atoms with Crippen LogP contribution >= 0.6 is 23.2 Å². The van der Waals surface area contributed by atoms with Gasteiger partial charge in [0.15, 0.2) is 0 Å². The molecule has 0 aliphatic carbocycles. The molecule has 0 aliphatic heterocycles. The second kappa shape index (κ2) is 9.09. The van der Waals surface area contributed by atoms with Crippen molar-refractivity contribution in [1.82, 2.24) is 0 Å². The first-order chi connectivity index (χ1) is 13.4. The van der Waals surface area contributed by atoms with Crippen LogP contribution in [0.15, 0.2) is 72.8 Å². The molecule has 3 aromatic rings. The molecule has 0 radical (unpaired) electrons. The van der Waals surface area contributed by atoms with E-state index in [2.05, 4.69) is 18.3 Å². The molecule has 0 unspecified atom stereocenters. The van der Waals surface area contributed by atoms with Gasteiger partial charge in [-0.05, 0) is 72.9 Å². The number of nitrogens with one attached hydrogen (secondary N) is 1. The molecule has 0 saturated carbocycles. The Bertz CT molecular complexity index is 1020. The zero-order valence-electron chi connectivity index (χ0n) is 15.8. The minimum Gasteiger partial charge on any atom is -0.322 e. The van der Waals surface area contributed by atoms with Crippen molar-refractivity contribution in [2.45, 2.75) is 20.3 Å². The zero-order valence-corrected chi connectivity index (χ0v) is 17.3. The lowest BCUT2D eigenvalue weighted by Crippen LogP contribution is -2.12. The molecule has 28 heavy (non-hydrogen) atoms. The molecule has 0 aliphatic rings. The summed E-state index contributed by atoms with van der Waals surface area (Å²) < 4.78 is 0. The molecule has 0 spiro atoms. The van der Waals surface area contributed by atoms with Gasteiger partial charge in [-0.3, -0.25) is 4.79 Å². The van der Waals surface area contributed by atoms with Gasteiger partial charge < -0.3 is 5.32 Å². The third-order valence-corrected chi connectivity index (χ3v) is 5.36. The molecule has 3 rings (SSSR count). The lowest BCUT2D eigenvalue weighted by molar-refractivity contribution is 0.102. The Labute approximate surface area is 175 Å². The highest BCUT2D eigenvalue weighted by molar-refractivity contribution is 6.42. The number of para-hydroxylation sites is 1. The Hall–Kier alpha value is -2.55. The number of carbonyl (C=O) groups excluding carboxylic acids is 1. The first kappa shape index (κ1) is 20.2. The topological polar surface area (TPSA) is 29.1 Å². The van der Waals surface area contributed by atoms with Crippen LogP contribution in [0.4, 0.5) is 5.69 Å².